The fourth-order valence-corrected chi connectivity index (χ4v) is 3.06. The zero-order chi connectivity index (χ0) is 19.6. The van der Waals surface area contributed by atoms with Gasteiger partial charge in [0, 0.05) is 12.1 Å². The van der Waals surface area contributed by atoms with Gasteiger partial charge in [-0.15, -0.1) is 0 Å². The number of fused-ring (bicyclic) bond motifs is 1. The molecule has 3 rings (SSSR count). The van der Waals surface area contributed by atoms with Gasteiger partial charge in [-0.1, -0.05) is 0 Å². The fourth-order valence-electron chi connectivity index (χ4n) is 3.06. The highest BCUT2D eigenvalue weighted by Gasteiger charge is 2.32. The van der Waals surface area contributed by atoms with Gasteiger partial charge in [0.1, 0.15) is 12.3 Å². The number of allylic oxidation sites excluding steroid dienone is 1. The molecule has 0 bridgehead atoms. The Morgan fingerprint density at radius 3 is 2.41 bits per heavy atom. The van der Waals surface area contributed by atoms with Crippen molar-refractivity contribution in [3.05, 3.63) is 69.0 Å². The van der Waals surface area contributed by atoms with Gasteiger partial charge in [0.2, 0.25) is 5.78 Å². The van der Waals surface area contributed by atoms with Gasteiger partial charge in [0.25, 0.3) is 5.69 Å². The second-order valence-corrected chi connectivity index (χ2v) is 6.36. The van der Waals surface area contributed by atoms with E-state index in [-0.39, 0.29) is 23.0 Å². The lowest BCUT2D eigenvalue weighted by atomic mass is 10.0. The molecule has 1 aliphatic heterocycles. The normalized spacial score (nSPS) is 14.5. The number of ether oxygens (including phenoxy) is 1. The number of nitro benzene ring substituents is 1. The number of hydrogen-bond acceptors (Lipinski definition) is 5. The summed E-state index contributed by atoms with van der Waals surface area (Å²) in [6.07, 6.45) is 1.55. The number of nitrogens with one attached hydrogen (secondary N) is 1. The Balaban J connectivity index is 1.93. The zero-order valence-electron chi connectivity index (χ0n) is 15.2. The van der Waals surface area contributed by atoms with Crippen molar-refractivity contribution in [1.82, 2.24) is 0 Å². The SMILES string of the molecule is CC[NH+](CC)Cc1c(O)ccc2c1O/C(=C\c1ccc([N+](=O)[O-])cc1)C2=O. The van der Waals surface area contributed by atoms with Crippen molar-refractivity contribution in [3.63, 3.8) is 0 Å². The van der Waals surface area contributed by atoms with Gasteiger partial charge < -0.3 is 14.7 Å². The summed E-state index contributed by atoms with van der Waals surface area (Å²) in [6, 6.07) is 8.95. The number of quaternary nitrogens is 1. The molecule has 0 saturated carbocycles. The Hall–Kier alpha value is -3.19. The molecule has 2 aromatic carbocycles. The van der Waals surface area contributed by atoms with Crippen LogP contribution in [0.2, 0.25) is 0 Å². The summed E-state index contributed by atoms with van der Waals surface area (Å²) in [5, 5.41) is 21.0. The minimum Gasteiger partial charge on any atom is -0.507 e. The number of phenolic OH excluding ortho intramolecular Hbond substituents is 1. The van der Waals surface area contributed by atoms with Crippen molar-refractivity contribution < 1.29 is 24.5 Å². The Labute approximate surface area is 156 Å². The Morgan fingerprint density at radius 2 is 1.81 bits per heavy atom. The number of aromatic hydroxyl groups is 1. The van der Waals surface area contributed by atoms with Crippen LogP contribution in [-0.4, -0.2) is 28.9 Å². The quantitative estimate of drug-likeness (QED) is 0.463. The third kappa shape index (κ3) is 3.68. The number of phenols is 1. The van der Waals surface area contributed by atoms with Crippen LogP contribution in [0, 0.1) is 10.1 Å². The predicted molar refractivity (Wildman–Crippen MR) is 99.9 cm³/mol. The number of carbonyl (C=O) groups excluding carboxylic acids is 1. The van der Waals surface area contributed by atoms with Crippen LogP contribution in [0.5, 0.6) is 11.5 Å². The van der Waals surface area contributed by atoms with Crippen molar-refractivity contribution in [2.24, 2.45) is 0 Å². The predicted octanol–water partition coefficient (Wildman–Crippen LogP) is 2.34. The van der Waals surface area contributed by atoms with E-state index in [1.54, 1.807) is 24.3 Å². The number of nitro groups is 1. The number of nitrogens with zero attached hydrogens (tertiary/aromatic N) is 1. The molecule has 0 unspecified atom stereocenters. The maximum atomic E-state index is 12.7. The van der Waals surface area contributed by atoms with Gasteiger partial charge in [-0.25, -0.2) is 0 Å². The number of benzene rings is 2. The van der Waals surface area contributed by atoms with Gasteiger partial charge in [0.15, 0.2) is 11.5 Å². The number of carbonyl (C=O) groups is 1. The fraction of sp³-hybridized carbons (Fsp3) is 0.250. The van der Waals surface area contributed by atoms with E-state index in [9.17, 15) is 20.0 Å². The summed E-state index contributed by atoms with van der Waals surface area (Å²) in [7, 11) is 0. The number of hydrogen-bond donors (Lipinski definition) is 2. The Kier molecular flexibility index (Phi) is 5.23. The summed E-state index contributed by atoms with van der Waals surface area (Å²) in [5.74, 6) is 0.379. The van der Waals surface area contributed by atoms with Gasteiger partial charge in [0.05, 0.1) is 29.1 Å². The van der Waals surface area contributed by atoms with Gasteiger partial charge in [-0.05, 0) is 49.8 Å². The average molecular weight is 369 g/mol. The Morgan fingerprint density at radius 1 is 1.15 bits per heavy atom. The maximum absolute atomic E-state index is 12.7. The van der Waals surface area contributed by atoms with Gasteiger partial charge in [-0.2, -0.15) is 0 Å². The van der Waals surface area contributed by atoms with Crippen LogP contribution in [0.1, 0.15) is 35.3 Å². The van der Waals surface area contributed by atoms with E-state index >= 15 is 0 Å². The van der Waals surface area contributed by atoms with Gasteiger partial charge in [-0.3, -0.25) is 14.9 Å². The molecule has 1 aliphatic rings. The van der Waals surface area contributed by atoms with Crippen LogP contribution in [0.4, 0.5) is 5.69 Å². The van der Waals surface area contributed by atoms with Crippen LogP contribution in [-0.2, 0) is 6.54 Å². The lowest BCUT2D eigenvalue weighted by molar-refractivity contribution is -0.910. The van der Waals surface area contributed by atoms with Crippen LogP contribution >= 0.6 is 0 Å². The molecular weight excluding hydrogens is 348 g/mol. The highest BCUT2D eigenvalue weighted by Crippen LogP contribution is 2.39. The summed E-state index contributed by atoms with van der Waals surface area (Å²) >= 11 is 0. The number of rotatable bonds is 6. The summed E-state index contributed by atoms with van der Waals surface area (Å²) in [4.78, 5) is 24.2. The molecule has 2 N–H and O–H groups in total. The van der Waals surface area contributed by atoms with Crippen LogP contribution in [0.3, 0.4) is 0 Å². The molecule has 0 aromatic heterocycles. The molecule has 0 amide bonds. The molecule has 27 heavy (non-hydrogen) atoms. The van der Waals surface area contributed by atoms with Crippen molar-refractivity contribution in [1.29, 1.82) is 0 Å². The number of non-ortho nitro benzene ring substituents is 1. The third-order valence-electron chi connectivity index (χ3n) is 4.74. The molecule has 0 radical (unpaired) electrons. The molecule has 0 spiro atoms. The molecule has 140 valence electrons. The maximum Gasteiger partial charge on any atom is 0.269 e. The first-order valence-electron chi connectivity index (χ1n) is 8.81. The minimum absolute atomic E-state index is 0.0199. The monoisotopic (exact) mass is 369 g/mol. The number of ketones is 1. The molecule has 0 saturated heterocycles. The highest BCUT2D eigenvalue weighted by molar-refractivity contribution is 6.15. The topological polar surface area (TPSA) is 94.1 Å². The second kappa shape index (κ2) is 7.59. The molecule has 0 atom stereocenters. The molecule has 2 aromatic rings. The van der Waals surface area contributed by atoms with E-state index in [0.29, 0.717) is 29.0 Å². The zero-order valence-corrected chi connectivity index (χ0v) is 15.2. The molecule has 0 fully saturated rings. The average Bonchev–Trinajstić information content (AvgIpc) is 2.97. The molecule has 1 heterocycles. The summed E-state index contributed by atoms with van der Waals surface area (Å²) < 4.78 is 5.81. The molecule has 7 heteroatoms. The van der Waals surface area contributed by atoms with Crippen LogP contribution in [0.25, 0.3) is 6.08 Å². The smallest absolute Gasteiger partial charge is 0.269 e. The highest BCUT2D eigenvalue weighted by atomic mass is 16.6. The largest absolute Gasteiger partial charge is 0.507 e. The van der Waals surface area contributed by atoms with Crippen LogP contribution < -0.4 is 9.64 Å². The van der Waals surface area contributed by atoms with Gasteiger partial charge >= 0.3 is 0 Å². The van der Waals surface area contributed by atoms with E-state index in [0.717, 1.165) is 13.1 Å². The second-order valence-electron chi connectivity index (χ2n) is 6.36. The lowest BCUT2D eigenvalue weighted by Gasteiger charge is -2.17. The Bertz CT molecular complexity index is 915. The first kappa shape index (κ1) is 18.6. The van der Waals surface area contributed by atoms with Crippen molar-refractivity contribution in [2.75, 3.05) is 13.1 Å². The first-order valence-corrected chi connectivity index (χ1v) is 8.81. The van der Waals surface area contributed by atoms with E-state index < -0.39 is 4.92 Å². The lowest BCUT2D eigenvalue weighted by Crippen LogP contribution is -3.10. The first-order chi connectivity index (χ1) is 12.9. The number of Topliss-reactive ketones (excluding diaryl/α,β-unsaturated/α-hetero) is 1. The molecular formula is C20H21N2O5+. The summed E-state index contributed by atoms with van der Waals surface area (Å²) in [5.41, 5.74) is 1.64. The standard InChI is InChI=1S/C20H20N2O5/c1-3-21(4-2)12-16-17(23)10-9-15-19(24)18(27-20(15)16)11-13-5-7-14(8-6-13)22(25)26/h5-11,23H,3-4,12H2,1-2H3/p+1/b18-11-. The summed E-state index contributed by atoms with van der Waals surface area (Å²) in [6.45, 7) is 6.45. The molecule has 0 aliphatic carbocycles. The molecule has 7 nitrogen and oxygen atoms in total. The van der Waals surface area contributed by atoms with E-state index in [4.69, 9.17) is 4.74 Å². The van der Waals surface area contributed by atoms with E-state index in [1.807, 2.05) is 0 Å². The van der Waals surface area contributed by atoms with E-state index in [2.05, 4.69) is 13.8 Å². The van der Waals surface area contributed by atoms with Crippen molar-refractivity contribution >= 4 is 17.5 Å². The van der Waals surface area contributed by atoms with E-state index in [1.165, 1.54) is 23.1 Å². The van der Waals surface area contributed by atoms with Crippen molar-refractivity contribution in [2.45, 2.75) is 20.4 Å². The van der Waals surface area contributed by atoms with Crippen molar-refractivity contribution in [3.8, 4) is 11.5 Å². The third-order valence-corrected chi connectivity index (χ3v) is 4.74. The van der Waals surface area contributed by atoms with Crippen LogP contribution in [0.15, 0.2) is 42.2 Å². The minimum atomic E-state index is -0.478.